The Morgan fingerprint density at radius 3 is 2.66 bits per heavy atom. The SMILES string of the molecule is COC(=O)c1ccc(C2(c3nc(COc4cc(OC)cc5oc(-c6cn7c(n6)SC(OC)N7)cc45)cs3)CCOCC2)cc1. The third kappa shape index (κ3) is 5.19. The predicted molar refractivity (Wildman–Crippen MR) is 165 cm³/mol. The van der Waals surface area contributed by atoms with Gasteiger partial charge in [-0.3, -0.25) is 5.43 Å². The Bertz CT molecular complexity index is 1780. The Morgan fingerprint density at radius 1 is 1.11 bits per heavy atom. The molecule has 1 N–H and O–H groups in total. The second-order valence-electron chi connectivity index (χ2n) is 10.4. The van der Waals surface area contributed by atoms with Crippen molar-refractivity contribution in [3.8, 4) is 23.0 Å². The molecule has 44 heavy (non-hydrogen) atoms. The van der Waals surface area contributed by atoms with Crippen LogP contribution in [0, 0.1) is 0 Å². The van der Waals surface area contributed by atoms with E-state index < -0.39 is 0 Å². The fraction of sp³-hybridized carbons (Fsp3) is 0.323. The van der Waals surface area contributed by atoms with Gasteiger partial charge in [-0.25, -0.2) is 19.4 Å². The maximum atomic E-state index is 12.0. The van der Waals surface area contributed by atoms with E-state index in [1.54, 1.807) is 25.6 Å². The van der Waals surface area contributed by atoms with Gasteiger partial charge in [0.2, 0.25) is 0 Å². The van der Waals surface area contributed by atoms with Crippen molar-refractivity contribution in [2.75, 3.05) is 40.0 Å². The summed E-state index contributed by atoms with van der Waals surface area (Å²) in [5.74, 6) is 1.51. The number of carbonyl (C=O) groups is 1. The number of thioether (sulfide) groups is 1. The highest BCUT2D eigenvalue weighted by atomic mass is 32.2. The summed E-state index contributed by atoms with van der Waals surface area (Å²) in [5.41, 5.74) is 6.49. The average molecular weight is 635 g/mol. The maximum absolute atomic E-state index is 12.0. The summed E-state index contributed by atoms with van der Waals surface area (Å²) in [6.07, 6.45) is 3.47. The standard InChI is InChI=1S/C31H30N4O7S2/c1-37-21-12-24(22-14-26(42-25(22)13-21)23-15-35-29(33-23)44-30(34-35)39-3)41-16-20-17-43-28(32-20)31(8-10-40-11-9-31)19-6-4-18(5-7-19)27(36)38-2/h4-7,12-15,17,30,34H,8-11,16H2,1-3H3. The molecule has 5 heterocycles. The van der Waals surface area contributed by atoms with Crippen LogP contribution in [-0.4, -0.2) is 60.7 Å². The molecule has 11 nitrogen and oxygen atoms in total. The van der Waals surface area contributed by atoms with E-state index in [-0.39, 0.29) is 23.6 Å². The summed E-state index contributed by atoms with van der Waals surface area (Å²) in [6, 6.07) is 13.2. The first kappa shape index (κ1) is 28.7. The molecule has 0 bridgehead atoms. The van der Waals surface area contributed by atoms with Gasteiger partial charge in [-0.05, 0) is 48.4 Å². The first-order valence-corrected chi connectivity index (χ1v) is 15.8. The minimum atomic E-state index is -0.354. The Kier molecular flexibility index (Phi) is 7.70. The molecule has 1 saturated heterocycles. The first-order valence-electron chi connectivity index (χ1n) is 14.0. The average Bonchev–Trinajstić information content (AvgIpc) is 3.86. The zero-order valence-electron chi connectivity index (χ0n) is 24.3. The highest BCUT2D eigenvalue weighted by molar-refractivity contribution is 7.99. The lowest BCUT2D eigenvalue weighted by molar-refractivity contribution is 0.0597. The fourth-order valence-corrected chi connectivity index (χ4v) is 7.48. The molecule has 2 aromatic carbocycles. The highest BCUT2D eigenvalue weighted by Crippen LogP contribution is 2.43. The number of nitrogens with zero attached hydrogens (tertiary/aromatic N) is 3. The number of ether oxygens (including phenoxy) is 5. The van der Waals surface area contributed by atoms with Gasteiger partial charge < -0.3 is 28.1 Å². The van der Waals surface area contributed by atoms with Crippen LogP contribution < -0.4 is 14.9 Å². The quantitative estimate of drug-likeness (QED) is 0.198. The van der Waals surface area contributed by atoms with E-state index in [4.69, 9.17) is 38.1 Å². The molecular weight excluding hydrogens is 604 g/mol. The molecule has 3 aromatic heterocycles. The van der Waals surface area contributed by atoms with E-state index in [0.717, 1.165) is 39.6 Å². The number of fused-ring (bicyclic) bond motifs is 2. The zero-order chi connectivity index (χ0) is 30.3. The number of imidazole rings is 1. The molecule has 228 valence electrons. The molecule has 0 radical (unpaired) electrons. The minimum absolute atomic E-state index is 0.175. The normalized spacial score (nSPS) is 17.3. The van der Waals surface area contributed by atoms with Crippen LogP contribution in [0.1, 0.15) is 39.5 Å². The Hall–Kier alpha value is -4.04. The van der Waals surface area contributed by atoms with E-state index in [9.17, 15) is 4.79 Å². The summed E-state index contributed by atoms with van der Waals surface area (Å²) >= 11 is 3.10. The monoisotopic (exact) mass is 634 g/mol. The Labute approximate surface area is 261 Å². The summed E-state index contributed by atoms with van der Waals surface area (Å²) in [7, 11) is 4.64. The molecule has 0 aliphatic carbocycles. The van der Waals surface area contributed by atoms with Gasteiger partial charge >= 0.3 is 5.97 Å². The number of methoxy groups -OCH3 is 3. The van der Waals surface area contributed by atoms with Crippen LogP contribution in [0.3, 0.4) is 0 Å². The number of nitrogens with one attached hydrogen (secondary N) is 1. The first-order chi connectivity index (χ1) is 21.5. The lowest BCUT2D eigenvalue weighted by Crippen LogP contribution is -2.35. The summed E-state index contributed by atoms with van der Waals surface area (Å²) in [6.45, 7) is 1.54. The van der Waals surface area contributed by atoms with Crippen molar-refractivity contribution >= 4 is 40.0 Å². The van der Waals surface area contributed by atoms with Crippen molar-refractivity contribution in [2.24, 2.45) is 0 Å². The van der Waals surface area contributed by atoms with Gasteiger partial charge in [0.15, 0.2) is 16.5 Å². The molecule has 1 atom stereocenters. The minimum Gasteiger partial charge on any atom is -0.496 e. The molecule has 0 spiro atoms. The van der Waals surface area contributed by atoms with Crippen LogP contribution in [0.4, 0.5) is 0 Å². The molecule has 5 aromatic rings. The van der Waals surface area contributed by atoms with E-state index in [2.05, 4.69) is 5.43 Å². The summed E-state index contributed by atoms with van der Waals surface area (Å²) in [5, 5.41) is 4.65. The van der Waals surface area contributed by atoms with Crippen LogP contribution in [-0.2, 0) is 26.2 Å². The molecular formula is C31H30N4O7S2. The van der Waals surface area contributed by atoms with Gasteiger partial charge in [0.25, 0.3) is 0 Å². The van der Waals surface area contributed by atoms with Gasteiger partial charge in [-0.2, -0.15) is 0 Å². The van der Waals surface area contributed by atoms with Crippen LogP contribution in [0.5, 0.6) is 11.5 Å². The van der Waals surface area contributed by atoms with Crippen LogP contribution in [0.25, 0.3) is 22.4 Å². The predicted octanol–water partition coefficient (Wildman–Crippen LogP) is 5.80. The maximum Gasteiger partial charge on any atom is 0.337 e. The highest BCUT2D eigenvalue weighted by Gasteiger charge is 2.39. The van der Waals surface area contributed by atoms with Gasteiger partial charge in [0, 0.05) is 37.8 Å². The molecule has 7 rings (SSSR count). The summed E-state index contributed by atoms with van der Waals surface area (Å²) in [4.78, 5) is 21.7. The van der Waals surface area contributed by atoms with Crippen molar-refractivity contribution < 1.29 is 32.9 Å². The second kappa shape index (κ2) is 11.8. The number of esters is 1. The number of benzene rings is 2. The zero-order valence-corrected chi connectivity index (χ0v) is 26.0. The lowest BCUT2D eigenvalue weighted by atomic mass is 9.74. The fourth-order valence-electron chi connectivity index (χ4n) is 5.57. The lowest BCUT2D eigenvalue weighted by Gasteiger charge is -2.36. The van der Waals surface area contributed by atoms with Crippen molar-refractivity contribution in [1.82, 2.24) is 14.6 Å². The third-order valence-corrected chi connectivity index (χ3v) is 10.1. The molecule has 1 unspecified atom stereocenters. The van der Waals surface area contributed by atoms with Gasteiger partial charge in [-0.1, -0.05) is 12.1 Å². The van der Waals surface area contributed by atoms with E-state index in [1.807, 2.05) is 58.7 Å². The number of aromatic nitrogens is 3. The molecule has 2 aliphatic rings. The molecule has 2 aliphatic heterocycles. The number of rotatable bonds is 9. The smallest absolute Gasteiger partial charge is 0.337 e. The molecule has 0 saturated carbocycles. The van der Waals surface area contributed by atoms with Crippen molar-refractivity contribution in [3.63, 3.8) is 0 Å². The molecule has 1 fully saturated rings. The molecule has 13 heteroatoms. The number of carbonyl (C=O) groups excluding carboxylic acids is 1. The van der Waals surface area contributed by atoms with Gasteiger partial charge in [0.1, 0.15) is 34.4 Å². The van der Waals surface area contributed by atoms with Crippen molar-refractivity contribution in [2.45, 2.75) is 35.6 Å². The largest absolute Gasteiger partial charge is 0.496 e. The molecule has 0 amide bonds. The van der Waals surface area contributed by atoms with E-state index >= 15 is 0 Å². The van der Waals surface area contributed by atoms with Crippen LogP contribution in [0.15, 0.2) is 63.6 Å². The van der Waals surface area contributed by atoms with Crippen molar-refractivity contribution in [3.05, 3.63) is 75.9 Å². The summed E-state index contributed by atoms with van der Waals surface area (Å²) < 4.78 is 35.9. The number of hydrogen-bond acceptors (Lipinski definition) is 12. The van der Waals surface area contributed by atoms with Crippen LogP contribution in [0.2, 0.25) is 0 Å². The number of thiazole rings is 1. The van der Waals surface area contributed by atoms with Gasteiger partial charge in [0.05, 0.1) is 42.5 Å². The third-order valence-electron chi connectivity index (χ3n) is 7.95. The van der Waals surface area contributed by atoms with Crippen LogP contribution >= 0.6 is 23.1 Å². The Balaban J connectivity index is 1.14. The van der Waals surface area contributed by atoms with Gasteiger partial charge in [-0.15, -0.1) is 11.3 Å². The number of hydrogen-bond donors (Lipinski definition) is 1. The topological polar surface area (TPSA) is 119 Å². The number of furan rings is 1. The van der Waals surface area contributed by atoms with Crippen molar-refractivity contribution in [1.29, 1.82) is 0 Å². The van der Waals surface area contributed by atoms with E-state index in [1.165, 1.54) is 18.9 Å². The Morgan fingerprint density at radius 2 is 1.93 bits per heavy atom. The van der Waals surface area contributed by atoms with E-state index in [0.29, 0.717) is 47.3 Å². The second-order valence-corrected chi connectivity index (χ2v) is 12.3.